The van der Waals surface area contributed by atoms with Crippen molar-refractivity contribution in [1.82, 2.24) is 4.90 Å². The fraction of sp³-hybridized carbons (Fsp3) is 0.167. The zero-order valence-electron chi connectivity index (χ0n) is 16.2. The quantitative estimate of drug-likeness (QED) is 0.601. The maximum atomic E-state index is 13.5. The molecule has 4 nitrogen and oxygen atoms in total. The van der Waals surface area contributed by atoms with Crippen LogP contribution in [0, 0.1) is 5.82 Å². The summed E-state index contributed by atoms with van der Waals surface area (Å²) in [5.41, 5.74) is 5.10. The van der Waals surface area contributed by atoms with Crippen LogP contribution in [0.2, 0.25) is 5.02 Å². The van der Waals surface area contributed by atoms with Gasteiger partial charge in [-0.25, -0.2) is 9.38 Å². The lowest BCUT2D eigenvalue weighted by Crippen LogP contribution is -2.43. The first-order valence-electron chi connectivity index (χ1n) is 9.84. The second-order valence-corrected chi connectivity index (χ2v) is 7.93. The van der Waals surface area contributed by atoms with E-state index in [-0.39, 0.29) is 10.9 Å². The van der Waals surface area contributed by atoms with E-state index in [0.29, 0.717) is 18.1 Å². The molecular weight excluding hydrogens is 401 g/mol. The number of carbonyl (C=O) groups is 1. The summed E-state index contributed by atoms with van der Waals surface area (Å²) >= 11 is 5.89. The highest BCUT2D eigenvalue weighted by molar-refractivity contribution is 6.54. The Kier molecular flexibility index (Phi) is 4.85. The minimum absolute atomic E-state index is 0.0144. The van der Waals surface area contributed by atoms with Crippen LogP contribution in [0.4, 0.5) is 15.8 Å². The Morgan fingerprint density at radius 3 is 2.60 bits per heavy atom. The van der Waals surface area contributed by atoms with E-state index in [0.717, 1.165) is 30.8 Å². The summed E-state index contributed by atoms with van der Waals surface area (Å²) in [5.74, 6) is -0.665. The lowest BCUT2D eigenvalue weighted by Gasteiger charge is -2.32. The molecule has 0 atom stereocenters. The molecule has 0 fully saturated rings. The molecule has 2 aliphatic heterocycles. The summed E-state index contributed by atoms with van der Waals surface area (Å²) in [4.78, 5) is 21.9. The lowest BCUT2D eigenvalue weighted by molar-refractivity contribution is -0.112. The Bertz CT molecular complexity index is 1180. The SMILES string of the molecule is O=C1C(=Nc2ccc(F)c(Cl)c2)c2ccccc2N1CN1CCc2ccccc2C1. The van der Waals surface area contributed by atoms with E-state index in [9.17, 15) is 9.18 Å². The fourth-order valence-electron chi connectivity index (χ4n) is 4.07. The van der Waals surface area contributed by atoms with Gasteiger partial charge in [-0.2, -0.15) is 0 Å². The molecule has 5 rings (SSSR count). The fourth-order valence-corrected chi connectivity index (χ4v) is 4.24. The van der Waals surface area contributed by atoms with Crippen molar-refractivity contribution in [2.75, 3.05) is 18.1 Å². The molecule has 1 amide bonds. The third-order valence-electron chi connectivity index (χ3n) is 5.59. The van der Waals surface area contributed by atoms with Crippen LogP contribution >= 0.6 is 11.6 Å². The molecule has 2 heterocycles. The number of hydrogen-bond acceptors (Lipinski definition) is 3. The molecular formula is C24H19ClFN3O. The summed E-state index contributed by atoms with van der Waals surface area (Å²) in [5, 5.41) is -0.0144. The Morgan fingerprint density at radius 1 is 1.00 bits per heavy atom. The van der Waals surface area contributed by atoms with Gasteiger partial charge < -0.3 is 0 Å². The molecule has 0 saturated heterocycles. The van der Waals surface area contributed by atoms with Crippen LogP contribution in [0.1, 0.15) is 16.7 Å². The topological polar surface area (TPSA) is 35.9 Å². The third-order valence-corrected chi connectivity index (χ3v) is 5.88. The van der Waals surface area contributed by atoms with Crippen LogP contribution in [0.3, 0.4) is 0 Å². The number of benzene rings is 3. The van der Waals surface area contributed by atoms with Gasteiger partial charge in [-0.05, 0) is 41.8 Å². The number of halogens is 2. The average Bonchev–Trinajstić information content (AvgIpc) is 3.02. The van der Waals surface area contributed by atoms with E-state index in [4.69, 9.17) is 11.6 Å². The number of anilines is 1. The first kappa shape index (κ1) is 19.0. The molecule has 0 unspecified atom stereocenters. The van der Waals surface area contributed by atoms with Crippen LogP contribution in [-0.2, 0) is 17.8 Å². The van der Waals surface area contributed by atoms with Gasteiger partial charge in [0.05, 0.1) is 23.1 Å². The Labute approximate surface area is 179 Å². The van der Waals surface area contributed by atoms with Crippen molar-refractivity contribution < 1.29 is 9.18 Å². The van der Waals surface area contributed by atoms with Crippen LogP contribution in [0.15, 0.2) is 71.7 Å². The van der Waals surface area contributed by atoms with Crippen molar-refractivity contribution in [2.24, 2.45) is 4.99 Å². The highest BCUT2D eigenvalue weighted by atomic mass is 35.5. The second-order valence-electron chi connectivity index (χ2n) is 7.52. The predicted octanol–water partition coefficient (Wildman–Crippen LogP) is 4.96. The summed E-state index contributed by atoms with van der Waals surface area (Å²) < 4.78 is 13.5. The molecule has 0 aliphatic carbocycles. The van der Waals surface area contributed by atoms with Gasteiger partial charge in [-0.3, -0.25) is 14.6 Å². The molecule has 2 aliphatic rings. The van der Waals surface area contributed by atoms with Crippen molar-refractivity contribution in [3.05, 3.63) is 94.3 Å². The minimum Gasteiger partial charge on any atom is -0.293 e. The van der Waals surface area contributed by atoms with Gasteiger partial charge in [-0.1, -0.05) is 54.1 Å². The van der Waals surface area contributed by atoms with Crippen molar-refractivity contribution in [1.29, 1.82) is 0 Å². The van der Waals surface area contributed by atoms with E-state index in [2.05, 4.69) is 34.2 Å². The molecule has 0 bridgehead atoms. The average molecular weight is 420 g/mol. The van der Waals surface area contributed by atoms with Crippen molar-refractivity contribution in [3.8, 4) is 0 Å². The maximum absolute atomic E-state index is 13.5. The Morgan fingerprint density at radius 2 is 1.77 bits per heavy atom. The number of para-hydroxylation sites is 1. The van der Waals surface area contributed by atoms with E-state index >= 15 is 0 Å². The minimum atomic E-state index is -0.509. The molecule has 0 aromatic heterocycles. The van der Waals surface area contributed by atoms with Gasteiger partial charge in [0.25, 0.3) is 5.91 Å². The Balaban J connectivity index is 1.45. The highest BCUT2D eigenvalue weighted by Gasteiger charge is 2.35. The van der Waals surface area contributed by atoms with Crippen molar-refractivity contribution in [3.63, 3.8) is 0 Å². The van der Waals surface area contributed by atoms with E-state index < -0.39 is 5.82 Å². The summed E-state index contributed by atoms with van der Waals surface area (Å²) in [6, 6.07) is 20.3. The standard InChI is InChI=1S/C24H19ClFN3O/c25-20-13-18(9-10-21(20)26)27-23-19-7-3-4-8-22(19)29(24(23)30)15-28-12-11-16-5-1-2-6-17(16)14-28/h1-10,13H,11-12,14-15H2. The number of rotatable bonds is 3. The first-order valence-corrected chi connectivity index (χ1v) is 10.2. The molecule has 3 aromatic rings. The normalized spacial score (nSPS) is 17.3. The van der Waals surface area contributed by atoms with Crippen LogP contribution in [-0.4, -0.2) is 29.7 Å². The van der Waals surface area contributed by atoms with Crippen molar-refractivity contribution >= 4 is 34.6 Å². The molecule has 6 heteroatoms. The van der Waals surface area contributed by atoms with E-state index in [1.807, 2.05) is 24.3 Å². The van der Waals surface area contributed by atoms with Gasteiger partial charge >= 0.3 is 0 Å². The smallest absolute Gasteiger partial charge is 0.278 e. The van der Waals surface area contributed by atoms with Crippen LogP contribution in [0.25, 0.3) is 0 Å². The number of carbonyl (C=O) groups excluding carboxylic acids is 1. The van der Waals surface area contributed by atoms with Gasteiger partial charge in [0.2, 0.25) is 0 Å². The molecule has 0 radical (unpaired) electrons. The zero-order valence-corrected chi connectivity index (χ0v) is 16.9. The van der Waals surface area contributed by atoms with Crippen molar-refractivity contribution in [2.45, 2.75) is 13.0 Å². The first-order chi connectivity index (χ1) is 14.6. The van der Waals surface area contributed by atoms with Crippen LogP contribution in [0.5, 0.6) is 0 Å². The van der Waals surface area contributed by atoms with Gasteiger partial charge in [0, 0.05) is 18.7 Å². The molecule has 30 heavy (non-hydrogen) atoms. The second kappa shape index (κ2) is 7.67. The summed E-state index contributed by atoms with van der Waals surface area (Å²) in [6.07, 6.45) is 0.967. The highest BCUT2D eigenvalue weighted by Crippen LogP contribution is 2.32. The summed E-state index contributed by atoms with van der Waals surface area (Å²) in [6.45, 7) is 2.19. The lowest BCUT2D eigenvalue weighted by atomic mass is 10.0. The third kappa shape index (κ3) is 3.40. The van der Waals surface area contributed by atoms with Crippen LogP contribution < -0.4 is 4.90 Å². The maximum Gasteiger partial charge on any atom is 0.278 e. The Hall–Kier alpha value is -3.02. The number of hydrogen-bond donors (Lipinski definition) is 0. The number of aliphatic imine (C=N–C) groups is 1. The predicted molar refractivity (Wildman–Crippen MR) is 117 cm³/mol. The van der Waals surface area contributed by atoms with E-state index in [1.54, 1.807) is 4.90 Å². The summed E-state index contributed by atoms with van der Waals surface area (Å²) in [7, 11) is 0. The van der Waals surface area contributed by atoms with E-state index in [1.165, 1.54) is 29.3 Å². The molecule has 0 spiro atoms. The van der Waals surface area contributed by atoms with Gasteiger partial charge in [-0.15, -0.1) is 0 Å². The molecule has 0 saturated carbocycles. The largest absolute Gasteiger partial charge is 0.293 e. The number of amides is 1. The number of nitrogens with zero attached hydrogens (tertiary/aromatic N) is 3. The monoisotopic (exact) mass is 419 g/mol. The van der Waals surface area contributed by atoms with Gasteiger partial charge in [0.1, 0.15) is 11.5 Å². The molecule has 150 valence electrons. The zero-order chi connectivity index (χ0) is 20.7. The van der Waals surface area contributed by atoms with Gasteiger partial charge in [0.15, 0.2) is 0 Å². The molecule has 3 aromatic carbocycles. The molecule has 0 N–H and O–H groups in total. The number of fused-ring (bicyclic) bond motifs is 2.